The van der Waals surface area contributed by atoms with Gasteiger partial charge in [0.15, 0.2) is 0 Å². The highest BCUT2D eigenvalue weighted by Crippen LogP contribution is 2.69. The standard InChI is InChI=1S/C13H27N/c1-6-9-13(10-12(13,5)14)11(4,7-2)8-3/h6-10,14H2,1-5H3. The number of rotatable bonds is 5. The highest BCUT2D eigenvalue weighted by Gasteiger charge is 2.68. The van der Waals surface area contributed by atoms with Gasteiger partial charge in [-0.15, -0.1) is 0 Å². The van der Waals surface area contributed by atoms with Crippen molar-refractivity contribution in [2.24, 2.45) is 16.6 Å². The Hall–Kier alpha value is -0.0400. The molecule has 0 aromatic heterocycles. The van der Waals surface area contributed by atoms with E-state index in [2.05, 4.69) is 34.6 Å². The molecule has 1 fully saturated rings. The third-order valence-corrected chi connectivity index (χ3v) is 5.03. The average Bonchev–Trinajstić information content (AvgIpc) is 2.69. The fourth-order valence-electron chi connectivity index (χ4n) is 3.51. The van der Waals surface area contributed by atoms with Crippen molar-refractivity contribution in [3.8, 4) is 0 Å². The largest absolute Gasteiger partial charge is 0.325 e. The Morgan fingerprint density at radius 2 is 1.64 bits per heavy atom. The van der Waals surface area contributed by atoms with Gasteiger partial charge >= 0.3 is 0 Å². The second-order valence-electron chi connectivity index (χ2n) is 5.69. The highest BCUT2D eigenvalue weighted by molar-refractivity contribution is 5.22. The lowest BCUT2D eigenvalue weighted by Crippen LogP contribution is -2.38. The van der Waals surface area contributed by atoms with Gasteiger partial charge in [0, 0.05) is 5.54 Å². The van der Waals surface area contributed by atoms with E-state index >= 15 is 0 Å². The lowest BCUT2D eigenvalue weighted by molar-refractivity contribution is 0.111. The lowest BCUT2D eigenvalue weighted by Gasteiger charge is -2.39. The van der Waals surface area contributed by atoms with E-state index in [1.54, 1.807) is 0 Å². The SMILES string of the molecule is CCCC1(C(C)(CC)CC)CC1(C)N. The van der Waals surface area contributed by atoms with Crippen molar-refractivity contribution in [3.63, 3.8) is 0 Å². The van der Waals surface area contributed by atoms with Crippen LogP contribution < -0.4 is 5.73 Å². The summed E-state index contributed by atoms with van der Waals surface area (Å²) in [7, 11) is 0. The zero-order valence-corrected chi connectivity index (χ0v) is 10.6. The summed E-state index contributed by atoms with van der Waals surface area (Å²) in [5.41, 5.74) is 7.35. The first-order valence-corrected chi connectivity index (χ1v) is 6.18. The molecule has 1 aliphatic rings. The van der Waals surface area contributed by atoms with Crippen molar-refractivity contribution in [1.82, 2.24) is 0 Å². The van der Waals surface area contributed by atoms with Gasteiger partial charge < -0.3 is 5.73 Å². The van der Waals surface area contributed by atoms with Gasteiger partial charge in [0.25, 0.3) is 0 Å². The first-order valence-electron chi connectivity index (χ1n) is 6.18. The van der Waals surface area contributed by atoms with Crippen LogP contribution in [0.25, 0.3) is 0 Å². The molecule has 1 aliphatic carbocycles. The van der Waals surface area contributed by atoms with E-state index in [0.717, 1.165) is 0 Å². The first kappa shape index (κ1) is 12.0. The molecule has 0 aliphatic heterocycles. The van der Waals surface area contributed by atoms with E-state index in [1.165, 1.54) is 32.1 Å². The van der Waals surface area contributed by atoms with Gasteiger partial charge in [-0.2, -0.15) is 0 Å². The van der Waals surface area contributed by atoms with Crippen molar-refractivity contribution < 1.29 is 0 Å². The van der Waals surface area contributed by atoms with Gasteiger partial charge in [-0.3, -0.25) is 0 Å². The summed E-state index contributed by atoms with van der Waals surface area (Å²) in [4.78, 5) is 0. The van der Waals surface area contributed by atoms with E-state index in [0.29, 0.717) is 10.8 Å². The van der Waals surface area contributed by atoms with E-state index < -0.39 is 0 Å². The molecule has 1 heteroatoms. The molecule has 1 nitrogen and oxygen atoms in total. The van der Waals surface area contributed by atoms with Crippen LogP contribution in [0.2, 0.25) is 0 Å². The minimum Gasteiger partial charge on any atom is -0.325 e. The quantitative estimate of drug-likeness (QED) is 0.714. The van der Waals surface area contributed by atoms with Crippen molar-refractivity contribution in [1.29, 1.82) is 0 Å². The normalized spacial score (nSPS) is 37.3. The molecule has 2 N–H and O–H groups in total. The van der Waals surface area contributed by atoms with Crippen LogP contribution in [0, 0.1) is 10.8 Å². The molecule has 0 spiro atoms. The van der Waals surface area contributed by atoms with Gasteiger partial charge in [-0.25, -0.2) is 0 Å². The summed E-state index contributed by atoms with van der Waals surface area (Å²) in [6, 6.07) is 0. The van der Waals surface area contributed by atoms with E-state index in [-0.39, 0.29) is 5.54 Å². The highest BCUT2D eigenvalue weighted by atomic mass is 14.9. The van der Waals surface area contributed by atoms with Crippen molar-refractivity contribution >= 4 is 0 Å². The number of hydrogen-bond donors (Lipinski definition) is 1. The molecular weight excluding hydrogens is 170 g/mol. The maximum absolute atomic E-state index is 6.37. The molecular formula is C13H27N. The fraction of sp³-hybridized carbons (Fsp3) is 1.00. The second-order valence-corrected chi connectivity index (χ2v) is 5.69. The van der Waals surface area contributed by atoms with Crippen LogP contribution in [0.5, 0.6) is 0 Å². The Labute approximate surface area is 89.5 Å². The van der Waals surface area contributed by atoms with E-state index in [1.807, 2.05) is 0 Å². The number of hydrogen-bond acceptors (Lipinski definition) is 1. The molecule has 0 heterocycles. The molecule has 0 saturated heterocycles. The summed E-state index contributed by atoms with van der Waals surface area (Å²) >= 11 is 0. The van der Waals surface area contributed by atoms with Crippen LogP contribution in [-0.2, 0) is 0 Å². The number of nitrogens with two attached hydrogens (primary N) is 1. The zero-order valence-electron chi connectivity index (χ0n) is 10.6. The van der Waals surface area contributed by atoms with E-state index in [4.69, 9.17) is 5.73 Å². The minimum absolute atomic E-state index is 0.101. The molecule has 1 rings (SSSR count). The molecule has 0 radical (unpaired) electrons. The van der Waals surface area contributed by atoms with Gasteiger partial charge in [-0.1, -0.05) is 47.0 Å². The topological polar surface area (TPSA) is 26.0 Å². The predicted octanol–water partition coefficient (Wildman–Crippen LogP) is 3.72. The Kier molecular flexibility index (Phi) is 3.02. The lowest BCUT2D eigenvalue weighted by atomic mass is 9.66. The minimum atomic E-state index is 0.101. The van der Waals surface area contributed by atoms with Crippen molar-refractivity contribution in [2.75, 3.05) is 0 Å². The molecule has 1 saturated carbocycles. The van der Waals surface area contributed by atoms with Crippen LogP contribution in [0.4, 0.5) is 0 Å². The summed E-state index contributed by atoms with van der Waals surface area (Å²) < 4.78 is 0. The molecule has 2 unspecified atom stereocenters. The van der Waals surface area contributed by atoms with Gasteiger partial charge in [0.2, 0.25) is 0 Å². The summed E-state index contributed by atoms with van der Waals surface area (Å²) in [5, 5.41) is 0. The van der Waals surface area contributed by atoms with E-state index in [9.17, 15) is 0 Å². The van der Waals surface area contributed by atoms with Crippen molar-refractivity contribution in [2.45, 2.75) is 72.3 Å². The molecule has 14 heavy (non-hydrogen) atoms. The zero-order chi connectivity index (χ0) is 11.0. The molecule has 2 atom stereocenters. The first-order chi connectivity index (χ1) is 6.39. The van der Waals surface area contributed by atoms with Crippen LogP contribution in [-0.4, -0.2) is 5.54 Å². The molecule has 0 amide bonds. The molecule has 0 bridgehead atoms. The van der Waals surface area contributed by atoms with Gasteiger partial charge in [0.05, 0.1) is 0 Å². The Bertz CT molecular complexity index is 203. The third kappa shape index (κ3) is 1.41. The van der Waals surface area contributed by atoms with Crippen LogP contribution in [0.15, 0.2) is 0 Å². The summed E-state index contributed by atoms with van der Waals surface area (Å²) in [6.45, 7) is 11.6. The fourth-order valence-corrected chi connectivity index (χ4v) is 3.51. The van der Waals surface area contributed by atoms with Crippen LogP contribution >= 0.6 is 0 Å². The molecule has 0 aromatic carbocycles. The maximum Gasteiger partial charge on any atom is 0.0194 e. The monoisotopic (exact) mass is 197 g/mol. The smallest absolute Gasteiger partial charge is 0.0194 e. The average molecular weight is 197 g/mol. The second kappa shape index (κ2) is 3.52. The Balaban J connectivity index is 2.90. The maximum atomic E-state index is 6.37. The van der Waals surface area contributed by atoms with Gasteiger partial charge in [-0.05, 0) is 30.6 Å². The van der Waals surface area contributed by atoms with Crippen LogP contribution in [0.1, 0.15) is 66.7 Å². The third-order valence-electron chi connectivity index (χ3n) is 5.03. The van der Waals surface area contributed by atoms with Gasteiger partial charge in [0.1, 0.15) is 0 Å². The Morgan fingerprint density at radius 1 is 1.21 bits per heavy atom. The molecule has 0 aromatic rings. The summed E-state index contributed by atoms with van der Waals surface area (Å²) in [6.07, 6.45) is 6.32. The predicted molar refractivity (Wildman–Crippen MR) is 63.2 cm³/mol. The summed E-state index contributed by atoms with van der Waals surface area (Å²) in [5.74, 6) is 0. The van der Waals surface area contributed by atoms with Crippen molar-refractivity contribution in [3.05, 3.63) is 0 Å². The van der Waals surface area contributed by atoms with Crippen LogP contribution in [0.3, 0.4) is 0 Å². The molecule has 84 valence electrons. The Morgan fingerprint density at radius 3 is 1.86 bits per heavy atom.